The second kappa shape index (κ2) is 4.00. The minimum atomic E-state index is -0.0207. The molecule has 0 atom stereocenters. The van der Waals surface area contributed by atoms with Gasteiger partial charge in [0.15, 0.2) is 5.84 Å². The molecule has 0 fully saturated rings. The van der Waals surface area contributed by atoms with Gasteiger partial charge in [0, 0.05) is 5.56 Å². The van der Waals surface area contributed by atoms with Crippen molar-refractivity contribution < 1.29 is 9.94 Å². The maximum Gasteiger partial charge on any atom is 0.171 e. The second-order valence-corrected chi connectivity index (χ2v) is 2.74. The number of halogens is 1. The van der Waals surface area contributed by atoms with Crippen molar-refractivity contribution in [2.24, 2.45) is 10.9 Å². The van der Waals surface area contributed by atoms with Crippen LogP contribution in [0.3, 0.4) is 0 Å². The van der Waals surface area contributed by atoms with Crippen molar-refractivity contribution in [3.63, 3.8) is 0 Å². The standard InChI is InChI=1S/C8H9ClN2O2/c1-13-5-2-3-6(7(9)4-5)8(10)11-12/h2-4,12H,1H3,(H2,10,11). The Labute approximate surface area is 80.6 Å². The van der Waals surface area contributed by atoms with Crippen molar-refractivity contribution in [3.8, 4) is 5.75 Å². The van der Waals surface area contributed by atoms with Gasteiger partial charge in [0.25, 0.3) is 0 Å². The number of hydrogen-bond acceptors (Lipinski definition) is 3. The van der Waals surface area contributed by atoms with E-state index in [0.29, 0.717) is 16.3 Å². The van der Waals surface area contributed by atoms with Gasteiger partial charge < -0.3 is 15.7 Å². The van der Waals surface area contributed by atoms with E-state index in [4.69, 9.17) is 27.3 Å². The quantitative estimate of drug-likeness (QED) is 0.329. The van der Waals surface area contributed by atoms with Gasteiger partial charge in [-0.2, -0.15) is 0 Å². The highest BCUT2D eigenvalue weighted by Crippen LogP contribution is 2.21. The molecule has 0 radical (unpaired) electrons. The first-order chi connectivity index (χ1) is 6.19. The Bertz CT molecular complexity index is 339. The zero-order chi connectivity index (χ0) is 9.84. The van der Waals surface area contributed by atoms with Gasteiger partial charge in [-0.25, -0.2) is 0 Å². The number of ether oxygens (including phenoxy) is 1. The molecule has 0 aromatic heterocycles. The number of nitrogens with two attached hydrogens (primary N) is 1. The normalized spacial score (nSPS) is 11.4. The van der Waals surface area contributed by atoms with E-state index in [2.05, 4.69) is 5.16 Å². The molecule has 0 aliphatic heterocycles. The van der Waals surface area contributed by atoms with E-state index in [9.17, 15) is 0 Å². The van der Waals surface area contributed by atoms with Crippen LogP contribution in [-0.2, 0) is 0 Å². The van der Waals surface area contributed by atoms with Crippen LogP contribution in [0.1, 0.15) is 5.56 Å². The largest absolute Gasteiger partial charge is 0.497 e. The Morgan fingerprint density at radius 1 is 1.62 bits per heavy atom. The molecule has 70 valence electrons. The molecule has 1 rings (SSSR count). The summed E-state index contributed by atoms with van der Waals surface area (Å²) in [6, 6.07) is 4.89. The summed E-state index contributed by atoms with van der Waals surface area (Å²) in [6.45, 7) is 0. The van der Waals surface area contributed by atoms with Crippen LogP contribution in [0, 0.1) is 0 Å². The van der Waals surface area contributed by atoms with Gasteiger partial charge in [0.05, 0.1) is 12.1 Å². The smallest absolute Gasteiger partial charge is 0.171 e. The predicted octanol–water partition coefficient (Wildman–Crippen LogP) is 1.44. The van der Waals surface area contributed by atoms with Crippen LogP contribution < -0.4 is 10.5 Å². The van der Waals surface area contributed by atoms with Gasteiger partial charge >= 0.3 is 0 Å². The van der Waals surface area contributed by atoms with Crippen LogP contribution in [0.5, 0.6) is 5.75 Å². The fourth-order valence-electron chi connectivity index (χ4n) is 0.884. The van der Waals surface area contributed by atoms with Crippen molar-refractivity contribution in [3.05, 3.63) is 28.8 Å². The molecule has 0 aliphatic carbocycles. The van der Waals surface area contributed by atoms with Crippen molar-refractivity contribution in [1.82, 2.24) is 0 Å². The van der Waals surface area contributed by atoms with E-state index in [-0.39, 0.29) is 5.84 Å². The van der Waals surface area contributed by atoms with Gasteiger partial charge in [-0.1, -0.05) is 16.8 Å². The summed E-state index contributed by atoms with van der Waals surface area (Å²) in [5.41, 5.74) is 5.84. The second-order valence-electron chi connectivity index (χ2n) is 2.33. The maximum absolute atomic E-state index is 8.41. The summed E-state index contributed by atoms with van der Waals surface area (Å²) in [4.78, 5) is 0. The Morgan fingerprint density at radius 2 is 2.31 bits per heavy atom. The average molecular weight is 201 g/mol. The first-order valence-corrected chi connectivity index (χ1v) is 3.88. The van der Waals surface area contributed by atoms with Gasteiger partial charge in [0.1, 0.15) is 5.75 Å². The van der Waals surface area contributed by atoms with E-state index in [1.807, 2.05) is 0 Å². The molecule has 13 heavy (non-hydrogen) atoms. The van der Waals surface area contributed by atoms with Crippen molar-refractivity contribution in [2.45, 2.75) is 0 Å². The van der Waals surface area contributed by atoms with Crippen molar-refractivity contribution in [1.29, 1.82) is 0 Å². The highest BCUT2D eigenvalue weighted by molar-refractivity contribution is 6.34. The SMILES string of the molecule is COc1ccc(/C(N)=N/O)c(Cl)c1. The molecule has 0 unspecified atom stereocenters. The summed E-state index contributed by atoms with van der Waals surface area (Å²) in [5, 5.41) is 11.6. The number of amidine groups is 1. The molecular weight excluding hydrogens is 192 g/mol. The fraction of sp³-hybridized carbons (Fsp3) is 0.125. The molecule has 0 aliphatic rings. The lowest BCUT2D eigenvalue weighted by Gasteiger charge is -2.04. The zero-order valence-electron chi connectivity index (χ0n) is 6.99. The minimum Gasteiger partial charge on any atom is -0.497 e. The zero-order valence-corrected chi connectivity index (χ0v) is 7.75. The van der Waals surface area contributed by atoms with Crippen LogP contribution in [0.15, 0.2) is 23.4 Å². The monoisotopic (exact) mass is 200 g/mol. The molecule has 0 amide bonds. The van der Waals surface area contributed by atoms with Crippen LogP contribution >= 0.6 is 11.6 Å². The summed E-state index contributed by atoms with van der Waals surface area (Å²) in [5.74, 6) is 0.604. The molecule has 0 bridgehead atoms. The fourth-order valence-corrected chi connectivity index (χ4v) is 1.15. The summed E-state index contributed by atoms with van der Waals surface area (Å²) >= 11 is 5.83. The number of nitrogens with zero attached hydrogens (tertiary/aromatic N) is 1. The number of methoxy groups -OCH3 is 1. The van der Waals surface area contributed by atoms with Gasteiger partial charge in [0.2, 0.25) is 0 Å². The van der Waals surface area contributed by atoms with Gasteiger partial charge in [-0.15, -0.1) is 0 Å². The van der Waals surface area contributed by atoms with Gasteiger partial charge in [-0.05, 0) is 18.2 Å². The number of rotatable bonds is 2. The Hall–Kier alpha value is -1.42. The third kappa shape index (κ3) is 2.03. The number of hydrogen-bond donors (Lipinski definition) is 2. The summed E-state index contributed by atoms with van der Waals surface area (Å²) in [6.07, 6.45) is 0. The van der Waals surface area contributed by atoms with Gasteiger partial charge in [-0.3, -0.25) is 0 Å². The molecular formula is C8H9ClN2O2. The van der Waals surface area contributed by atoms with Crippen LogP contribution in [0.25, 0.3) is 0 Å². The molecule has 0 saturated heterocycles. The number of benzene rings is 1. The van der Waals surface area contributed by atoms with E-state index in [0.717, 1.165) is 0 Å². The number of oxime groups is 1. The molecule has 0 heterocycles. The lowest BCUT2D eigenvalue weighted by Crippen LogP contribution is -2.13. The summed E-state index contributed by atoms with van der Waals surface area (Å²) in [7, 11) is 1.54. The third-order valence-corrected chi connectivity index (χ3v) is 1.87. The molecule has 0 spiro atoms. The van der Waals surface area contributed by atoms with E-state index in [1.54, 1.807) is 18.2 Å². The predicted molar refractivity (Wildman–Crippen MR) is 50.5 cm³/mol. The van der Waals surface area contributed by atoms with E-state index < -0.39 is 0 Å². The molecule has 4 nitrogen and oxygen atoms in total. The minimum absolute atomic E-state index is 0.0207. The molecule has 0 saturated carbocycles. The lowest BCUT2D eigenvalue weighted by atomic mass is 10.2. The topological polar surface area (TPSA) is 67.8 Å². The van der Waals surface area contributed by atoms with Crippen LogP contribution in [0.2, 0.25) is 5.02 Å². The van der Waals surface area contributed by atoms with Crippen molar-refractivity contribution >= 4 is 17.4 Å². The highest BCUT2D eigenvalue weighted by Gasteiger charge is 2.05. The highest BCUT2D eigenvalue weighted by atomic mass is 35.5. The average Bonchev–Trinajstić information content (AvgIpc) is 2.16. The molecule has 5 heteroatoms. The van der Waals surface area contributed by atoms with Crippen molar-refractivity contribution in [2.75, 3.05) is 7.11 Å². The molecule has 3 N–H and O–H groups in total. The molecule has 1 aromatic rings. The van der Waals surface area contributed by atoms with E-state index >= 15 is 0 Å². The van der Waals surface area contributed by atoms with Crippen LogP contribution in [0.4, 0.5) is 0 Å². The van der Waals surface area contributed by atoms with E-state index in [1.165, 1.54) is 7.11 Å². The third-order valence-electron chi connectivity index (χ3n) is 1.56. The Kier molecular flexibility index (Phi) is 2.97. The van der Waals surface area contributed by atoms with Crippen LogP contribution in [-0.4, -0.2) is 18.2 Å². The Balaban J connectivity index is 3.12. The Morgan fingerprint density at radius 3 is 2.77 bits per heavy atom. The lowest BCUT2D eigenvalue weighted by molar-refractivity contribution is 0.318. The summed E-state index contributed by atoms with van der Waals surface area (Å²) < 4.78 is 4.94. The first kappa shape index (κ1) is 9.67. The molecule has 1 aromatic carbocycles. The maximum atomic E-state index is 8.41. The first-order valence-electron chi connectivity index (χ1n) is 3.50.